The van der Waals surface area contributed by atoms with Crippen molar-refractivity contribution < 1.29 is 14.7 Å². The highest BCUT2D eigenvalue weighted by molar-refractivity contribution is 6.39. The van der Waals surface area contributed by atoms with Gasteiger partial charge in [-0.05, 0) is 36.1 Å². The first kappa shape index (κ1) is 17.2. The fourth-order valence-electron chi connectivity index (χ4n) is 3.08. The van der Waals surface area contributed by atoms with Crippen LogP contribution >= 0.6 is 0 Å². The fourth-order valence-corrected chi connectivity index (χ4v) is 3.08. The highest BCUT2D eigenvalue weighted by atomic mass is 16.3. The van der Waals surface area contributed by atoms with Crippen LogP contribution in [0, 0.1) is 0 Å². The van der Waals surface area contributed by atoms with Crippen LogP contribution in [0.5, 0.6) is 0 Å². The van der Waals surface area contributed by atoms with Crippen molar-refractivity contribution in [1.82, 2.24) is 5.32 Å². The topological polar surface area (TPSA) is 78.4 Å². The van der Waals surface area contributed by atoms with E-state index in [1.165, 1.54) is 0 Å². The molecule has 2 atom stereocenters. The number of carbonyl (C=O) groups is 2. The number of hydrogen-bond donors (Lipinski definition) is 3. The second kappa shape index (κ2) is 7.94. The normalized spacial score (nSPS) is 19.9. The summed E-state index contributed by atoms with van der Waals surface area (Å²) in [5.41, 5.74) is 2.68. The van der Waals surface area contributed by atoms with Crippen molar-refractivity contribution in [2.75, 3.05) is 5.32 Å². The van der Waals surface area contributed by atoms with Crippen molar-refractivity contribution in [2.45, 2.75) is 37.8 Å². The van der Waals surface area contributed by atoms with Gasteiger partial charge in [-0.25, -0.2) is 0 Å². The molecule has 25 heavy (non-hydrogen) atoms. The van der Waals surface area contributed by atoms with E-state index in [4.69, 9.17) is 0 Å². The lowest BCUT2D eigenvalue weighted by Crippen LogP contribution is -2.48. The maximum atomic E-state index is 12.0. The molecule has 5 nitrogen and oxygen atoms in total. The molecule has 2 unspecified atom stereocenters. The third-order valence-electron chi connectivity index (χ3n) is 4.50. The van der Waals surface area contributed by atoms with E-state index in [1.54, 1.807) is 12.1 Å². The van der Waals surface area contributed by atoms with Crippen LogP contribution in [0.3, 0.4) is 0 Å². The number of aliphatic hydroxyl groups is 1. The lowest BCUT2D eigenvalue weighted by Gasteiger charge is -2.27. The maximum Gasteiger partial charge on any atom is 0.313 e. The van der Waals surface area contributed by atoms with Crippen molar-refractivity contribution >= 4 is 17.5 Å². The van der Waals surface area contributed by atoms with Crippen LogP contribution in [0.4, 0.5) is 5.69 Å². The first-order chi connectivity index (χ1) is 12.1. The summed E-state index contributed by atoms with van der Waals surface area (Å²) in [6, 6.07) is 16.9. The first-order valence-corrected chi connectivity index (χ1v) is 8.59. The Kier molecular flexibility index (Phi) is 5.46. The molecule has 0 saturated heterocycles. The van der Waals surface area contributed by atoms with Crippen LogP contribution in [0.25, 0.3) is 11.1 Å². The molecule has 2 aromatic rings. The standard InChI is InChI=1S/C20H22N2O3/c23-18-9-5-4-8-17(18)22-20(25)19(24)21-16-12-10-15(11-13-16)14-6-2-1-3-7-14/h1-3,6-7,10-13,17-18,23H,4-5,8-9H2,(H,21,24)(H,22,25). The quantitative estimate of drug-likeness (QED) is 0.753. The van der Waals surface area contributed by atoms with E-state index in [2.05, 4.69) is 10.6 Å². The van der Waals surface area contributed by atoms with Crippen molar-refractivity contribution in [2.24, 2.45) is 0 Å². The van der Waals surface area contributed by atoms with Crippen molar-refractivity contribution in [1.29, 1.82) is 0 Å². The molecular weight excluding hydrogens is 316 g/mol. The van der Waals surface area contributed by atoms with Gasteiger partial charge in [0.25, 0.3) is 0 Å². The highest BCUT2D eigenvalue weighted by Gasteiger charge is 2.26. The molecule has 130 valence electrons. The Balaban J connectivity index is 1.58. The summed E-state index contributed by atoms with van der Waals surface area (Å²) in [6.07, 6.45) is 2.69. The monoisotopic (exact) mass is 338 g/mol. The molecule has 0 spiro atoms. The van der Waals surface area contributed by atoms with Crippen LogP contribution in [0.2, 0.25) is 0 Å². The maximum absolute atomic E-state index is 12.0. The van der Waals surface area contributed by atoms with Gasteiger partial charge in [-0.1, -0.05) is 55.3 Å². The minimum Gasteiger partial charge on any atom is -0.391 e. The van der Waals surface area contributed by atoms with Gasteiger partial charge in [-0.3, -0.25) is 9.59 Å². The third kappa shape index (κ3) is 4.45. The molecule has 0 aliphatic heterocycles. The Hall–Kier alpha value is -2.66. The van der Waals surface area contributed by atoms with Gasteiger partial charge in [0.15, 0.2) is 0 Å². The van der Waals surface area contributed by atoms with Gasteiger partial charge in [0.1, 0.15) is 0 Å². The number of amides is 2. The van der Waals surface area contributed by atoms with E-state index < -0.39 is 17.9 Å². The summed E-state index contributed by atoms with van der Waals surface area (Å²) < 4.78 is 0. The van der Waals surface area contributed by atoms with Gasteiger partial charge in [0, 0.05) is 5.69 Å². The Labute approximate surface area is 147 Å². The summed E-state index contributed by atoms with van der Waals surface area (Å²) in [5, 5.41) is 15.1. The lowest BCUT2D eigenvalue weighted by molar-refractivity contribution is -0.137. The summed E-state index contributed by atoms with van der Waals surface area (Å²) in [6.45, 7) is 0. The predicted molar refractivity (Wildman–Crippen MR) is 96.9 cm³/mol. The van der Waals surface area contributed by atoms with Gasteiger partial charge in [-0.15, -0.1) is 0 Å². The number of carbonyl (C=O) groups excluding carboxylic acids is 2. The highest BCUT2D eigenvalue weighted by Crippen LogP contribution is 2.21. The van der Waals surface area contributed by atoms with Gasteiger partial charge in [0.2, 0.25) is 0 Å². The van der Waals surface area contributed by atoms with Crippen LogP contribution in [-0.4, -0.2) is 29.1 Å². The van der Waals surface area contributed by atoms with Crippen LogP contribution in [-0.2, 0) is 9.59 Å². The van der Waals surface area contributed by atoms with E-state index in [-0.39, 0.29) is 6.04 Å². The minimum atomic E-state index is -0.717. The molecule has 0 radical (unpaired) electrons. The van der Waals surface area contributed by atoms with Crippen molar-refractivity contribution in [3.05, 3.63) is 54.6 Å². The average Bonchev–Trinajstić information content (AvgIpc) is 2.65. The first-order valence-electron chi connectivity index (χ1n) is 8.59. The van der Waals surface area contributed by atoms with E-state index in [0.29, 0.717) is 18.5 Å². The zero-order valence-electron chi connectivity index (χ0n) is 13.9. The van der Waals surface area contributed by atoms with Crippen LogP contribution in [0.15, 0.2) is 54.6 Å². The number of rotatable bonds is 3. The van der Waals surface area contributed by atoms with Crippen LogP contribution in [0.1, 0.15) is 25.7 Å². The molecule has 2 aromatic carbocycles. The number of anilines is 1. The van der Waals surface area contributed by atoms with E-state index in [1.807, 2.05) is 42.5 Å². The lowest BCUT2D eigenvalue weighted by atomic mass is 9.92. The SMILES string of the molecule is O=C(Nc1ccc(-c2ccccc2)cc1)C(=O)NC1CCCCC1O. The molecule has 0 heterocycles. The molecule has 0 aromatic heterocycles. The Bertz CT molecular complexity index is 728. The molecule has 3 N–H and O–H groups in total. The number of nitrogens with one attached hydrogen (secondary N) is 2. The summed E-state index contributed by atoms with van der Waals surface area (Å²) in [4.78, 5) is 24.1. The smallest absolute Gasteiger partial charge is 0.313 e. The molecular formula is C20H22N2O3. The molecule has 0 bridgehead atoms. The summed E-state index contributed by atoms with van der Waals surface area (Å²) >= 11 is 0. The molecule has 1 aliphatic carbocycles. The summed E-state index contributed by atoms with van der Waals surface area (Å²) in [5.74, 6) is -1.43. The predicted octanol–water partition coefficient (Wildman–Crippen LogP) is 2.71. The van der Waals surface area contributed by atoms with Gasteiger partial charge < -0.3 is 15.7 Å². The molecule has 5 heteroatoms. The molecule has 1 aliphatic rings. The van der Waals surface area contributed by atoms with E-state index in [9.17, 15) is 14.7 Å². The van der Waals surface area contributed by atoms with Crippen molar-refractivity contribution in [3.63, 3.8) is 0 Å². The average molecular weight is 338 g/mol. The Morgan fingerprint density at radius 2 is 1.48 bits per heavy atom. The fraction of sp³-hybridized carbons (Fsp3) is 0.300. The van der Waals surface area contributed by atoms with Gasteiger partial charge in [-0.2, -0.15) is 0 Å². The molecule has 2 amide bonds. The summed E-state index contributed by atoms with van der Waals surface area (Å²) in [7, 11) is 0. The van der Waals surface area contributed by atoms with E-state index in [0.717, 1.165) is 24.0 Å². The zero-order valence-corrected chi connectivity index (χ0v) is 13.9. The second-order valence-corrected chi connectivity index (χ2v) is 6.33. The zero-order chi connectivity index (χ0) is 17.6. The number of benzene rings is 2. The molecule has 1 fully saturated rings. The van der Waals surface area contributed by atoms with E-state index >= 15 is 0 Å². The Morgan fingerprint density at radius 3 is 2.16 bits per heavy atom. The van der Waals surface area contributed by atoms with Crippen LogP contribution < -0.4 is 10.6 Å². The molecule has 3 rings (SSSR count). The van der Waals surface area contributed by atoms with Gasteiger partial charge >= 0.3 is 11.8 Å². The second-order valence-electron chi connectivity index (χ2n) is 6.33. The largest absolute Gasteiger partial charge is 0.391 e. The number of hydrogen-bond acceptors (Lipinski definition) is 3. The molecule has 1 saturated carbocycles. The van der Waals surface area contributed by atoms with Crippen molar-refractivity contribution in [3.8, 4) is 11.1 Å². The van der Waals surface area contributed by atoms with Gasteiger partial charge in [0.05, 0.1) is 12.1 Å². The Morgan fingerprint density at radius 1 is 0.840 bits per heavy atom. The minimum absolute atomic E-state index is 0.340. The number of aliphatic hydroxyl groups excluding tert-OH is 1. The third-order valence-corrected chi connectivity index (χ3v) is 4.50.